The normalized spacial score (nSPS) is 16.0. The molecule has 0 radical (unpaired) electrons. The first-order chi connectivity index (χ1) is 17.0. The Morgan fingerprint density at radius 3 is 2.57 bits per heavy atom. The minimum atomic E-state index is -0.0862. The lowest BCUT2D eigenvalue weighted by atomic mass is 10.1. The molecule has 1 fully saturated rings. The second kappa shape index (κ2) is 9.96. The van der Waals surface area contributed by atoms with Crippen molar-refractivity contribution in [2.24, 2.45) is 0 Å². The van der Waals surface area contributed by atoms with Gasteiger partial charge in [0.1, 0.15) is 10.5 Å². The molecule has 1 aliphatic rings. The Morgan fingerprint density at radius 1 is 1.03 bits per heavy atom. The van der Waals surface area contributed by atoms with Gasteiger partial charge in [-0.1, -0.05) is 54.6 Å². The van der Waals surface area contributed by atoms with Crippen LogP contribution in [-0.4, -0.2) is 52.0 Å². The average Bonchev–Trinajstić information content (AvgIpc) is 3.46. The number of benzene rings is 2. The number of hydrogen-bond acceptors (Lipinski definition) is 3. The van der Waals surface area contributed by atoms with Crippen LogP contribution >= 0.6 is 11.3 Å². The Labute approximate surface area is 209 Å². The molecule has 2 aromatic carbocycles. The van der Waals surface area contributed by atoms with E-state index in [0.29, 0.717) is 38.4 Å². The first-order valence-corrected chi connectivity index (χ1v) is 12.9. The zero-order chi connectivity index (χ0) is 24.4. The van der Waals surface area contributed by atoms with E-state index >= 15 is 0 Å². The Balaban J connectivity index is 1.29. The third-order valence-electron chi connectivity index (χ3n) is 6.77. The summed E-state index contributed by atoms with van der Waals surface area (Å²) < 4.78 is 2.15. The van der Waals surface area contributed by atoms with Crippen molar-refractivity contribution in [3.63, 3.8) is 0 Å². The quantitative estimate of drug-likeness (QED) is 0.426. The summed E-state index contributed by atoms with van der Waals surface area (Å²) in [5.41, 5.74) is 4.20. The maximum absolute atomic E-state index is 13.7. The van der Waals surface area contributed by atoms with Gasteiger partial charge in [-0.05, 0) is 48.1 Å². The molecule has 1 unspecified atom stereocenters. The highest BCUT2D eigenvalue weighted by atomic mass is 32.1. The highest BCUT2D eigenvalue weighted by Crippen LogP contribution is 2.28. The lowest BCUT2D eigenvalue weighted by Crippen LogP contribution is -2.57. The number of fused-ring (bicyclic) bond motifs is 1. The van der Waals surface area contributed by atoms with E-state index in [1.165, 1.54) is 11.1 Å². The number of nitrogens with one attached hydrogen (secondary N) is 1. The number of amides is 3. The minimum Gasteiger partial charge on any atom is -0.334 e. The predicted octanol–water partition coefficient (Wildman–Crippen LogP) is 5.12. The van der Waals surface area contributed by atoms with Crippen LogP contribution in [0.25, 0.3) is 10.2 Å². The van der Waals surface area contributed by atoms with Crippen LogP contribution in [0.5, 0.6) is 0 Å². The standard InChI is InChI=1S/C28H30N4O2S/c1-20-8-6-7-11-24(20)19-32-25(16-23-12-15-35-27(23)32)26(33)30-13-14-31(21(2)18-30)28(34)29-17-22-9-4-3-5-10-22/h3-12,15-16,21H,13-14,17-19H2,1-2H3,(H,29,34). The number of aromatic nitrogens is 1. The molecule has 35 heavy (non-hydrogen) atoms. The van der Waals surface area contributed by atoms with Gasteiger partial charge >= 0.3 is 6.03 Å². The lowest BCUT2D eigenvalue weighted by molar-refractivity contribution is 0.0570. The van der Waals surface area contributed by atoms with Gasteiger partial charge in [0.05, 0.1) is 0 Å². The van der Waals surface area contributed by atoms with Crippen molar-refractivity contribution in [2.75, 3.05) is 19.6 Å². The van der Waals surface area contributed by atoms with Crippen molar-refractivity contribution in [1.29, 1.82) is 0 Å². The van der Waals surface area contributed by atoms with Crippen molar-refractivity contribution in [2.45, 2.75) is 33.0 Å². The fraction of sp³-hybridized carbons (Fsp3) is 0.286. The van der Waals surface area contributed by atoms with E-state index in [2.05, 4.69) is 40.4 Å². The summed E-state index contributed by atoms with van der Waals surface area (Å²) in [5, 5.41) is 6.18. The molecule has 3 heterocycles. The molecule has 2 aromatic heterocycles. The molecule has 0 spiro atoms. The molecular weight excluding hydrogens is 456 g/mol. The molecule has 6 nitrogen and oxygen atoms in total. The van der Waals surface area contributed by atoms with Gasteiger partial charge in [0.2, 0.25) is 0 Å². The number of urea groups is 1. The molecule has 3 amide bonds. The summed E-state index contributed by atoms with van der Waals surface area (Å²) >= 11 is 1.66. The van der Waals surface area contributed by atoms with Crippen LogP contribution in [0, 0.1) is 6.92 Å². The topological polar surface area (TPSA) is 57.6 Å². The Morgan fingerprint density at radius 2 is 1.80 bits per heavy atom. The van der Waals surface area contributed by atoms with E-state index in [-0.39, 0.29) is 18.0 Å². The largest absolute Gasteiger partial charge is 0.334 e. The minimum absolute atomic E-state index is 0.0261. The number of thiophene rings is 1. The zero-order valence-corrected chi connectivity index (χ0v) is 20.9. The molecule has 1 N–H and O–H groups in total. The monoisotopic (exact) mass is 486 g/mol. The number of rotatable bonds is 5. The van der Waals surface area contributed by atoms with Crippen LogP contribution in [0.3, 0.4) is 0 Å². The van der Waals surface area contributed by atoms with Gasteiger partial charge in [0.25, 0.3) is 5.91 Å². The fourth-order valence-corrected chi connectivity index (χ4v) is 5.64. The summed E-state index contributed by atoms with van der Waals surface area (Å²) in [6, 6.07) is 22.1. The van der Waals surface area contributed by atoms with Crippen molar-refractivity contribution in [3.05, 3.63) is 94.5 Å². The maximum atomic E-state index is 13.7. The van der Waals surface area contributed by atoms with Gasteiger partial charge in [0, 0.05) is 44.2 Å². The summed E-state index contributed by atoms with van der Waals surface area (Å²) in [4.78, 5) is 31.3. The van der Waals surface area contributed by atoms with E-state index in [1.54, 1.807) is 11.3 Å². The number of nitrogens with zero attached hydrogens (tertiary/aromatic N) is 3. The van der Waals surface area contributed by atoms with Gasteiger partial charge in [-0.2, -0.15) is 0 Å². The second-order valence-electron chi connectivity index (χ2n) is 9.16. The van der Waals surface area contributed by atoms with Crippen LogP contribution < -0.4 is 5.32 Å². The highest BCUT2D eigenvalue weighted by molar-refractivity contribution is 7.16. The number of carbonyl (C=O) groups is 2. The van der Waals surface area contributed by atoms with Crippen molar-refractivity contribution in [1.82, 2.24) is 19.7 Å². The number of piperazine rings is 1. The Bertz CT molecular complexity index is 1340. The summed E-state index contributed by atoms with van der Waals surface area (Å²) in [6.45, 7) is 6.82. The van der Waals surface area contributed by atoms with Gasteiger partial charge in [-0.15, -0.1) is 11.3 Å². The zero-order valence-electron chi connectivity index (χ0n) is 20.1. The van der Waals surface area contributed by atoms with Gasteiger partial charge < -0.3 is 19.7 Å². The maximum Gasteiger partial charge on any atom is 0.318 e. The van der Waals surface area contributed by atoms with E-state index in [1.807, 2.05) is 65.3 Å². The summed E-state index contributed by atoms with van der Waals surface area (Å²) in [6.07, 6.45) is 0. The van der Waals surface area contributed by atoms with E-state index in [0.717, 1.165) is 15.8 Å². The van der Waals surface area contributed by atoms with E-state index in [9.17, 15) is 9.59 Å². The Kier molecular flexibility index (Phi) is 6.59. The second-order valence-corrected chi connectivity index (χ2v) is 10.1. The summed E-state index contributed by atoms with van der Waals surface area (Å²) in [5.74, 6) is 0.0261. The van der Waals surface area contributed by atoms with Gasteiger partial charge in [-0.25, -0.2) is 4.79 Å². The van der Waals surface area contributed by atoms with E-state index < -0.39 is 0 Å². The molecule has 0 bridgehead atoms. The molecule has 1 atom stereocenters. The SMILES string of the molecule is Cc1ccccc1Cn1c(C(=O)N2CCN(C(=O)NCc3ccccc3)C(C)C2)cc2ccsc21. The molecular formula is C28H30N4O2S. The first-order valence-electron chi connectivity index (χ1n) is 12.0. The number of carbonyl (C=O) groups excluding carboxylic acids is 2. The molecule has 0 saturated carbocycles. The van der Waals surface area contributed by atoms with E-state index in [4.69, 9.17) is 0 Å². The van der Waals surface area contributed by atoms with Crippen LogP contribution in [0.4, 0.5) is 4.79 Å². The molecule has 180 valence electrons. The molecule has 5 rings (SSSR count). The Hall–Kier alpha value is -3.58. The van der Waals surface area contributed by atoms with Gasteiger partial charge in [-0.3, -0.25) is 4.79 Å². The third kappa shape index (κ3) is 4.82. The average molecular weight is 487 g/mol. The van der Waals surface area contributed by atoms with Crippen molar-refractivity contribution >= 4 is 33.5 Å². The highest BCUT2D eigenvalue weighted by Gasteiger charge is 2.31. The number of aryl methyl sites for hydroxylation is 1. The van der Waals surface area contributed by atoms with Crippen LogP contribution in [0.15, 0.2) is 72.1 Å². The molecule has 1 aliphatic heterocycles. The molecule has 7 heteroatoms. The fourth-order valence-electron chi connectivity index (χ4n) is 4.75. The lowest BCUT2D eigenvalue weighted by Gasteiger charge is -2.39. The van der Waals surface area contributed by atoms with Crippen LogP contribution in [0.2, 0.25) is 0 Å². The van der Waals surface area contributed by atoms with Crippen molar-refractivity contribution in [3.8, 4) is 0 Å². The predicted molar refractivity (Wildman–Crippen MR) is 141 cm³/mol. The number of hydrogen-bond donors (Lipinski definition) is 1. The smallest absolute Gasteiger partial charge is 0.318 e. The van der Waals surface area contributed by atoms with Gasteiger partial charge in [0.15, 0.2) is 0 Å². The molecule has 1 saturated heterocycles. The summed E-state index contributed by atoms with van der Waals surface area (Å²) in [7, 11) is 0. The van der Waals surface area contributed by atoms with Crippen LogP contribution in [0.1, 0.15) is 34.1 Å². The molecule has 0 aliphatic carbocycles. The molecule has 4 aromatic rings. The van der Waals surface area contributed by atoms with Crippen LogP contribution in [-0.2, 0) is 13.1 Å². The van der Waals surface area contributed by atoms with Crippen molar-refractivity contribution < 1.29 is 9.59 Å². The first kappa shape index (κ1) is 23.2. The third-order valence-corrected chi connectivity index (χ3v) is 7.72.